The zero-order chi connectivity index (χ0) is 16.3. The van der Waals surface area contributed by atoms with Gasteiger partial charge in [-0.1, -0.05) is 0 Å². The van der Waals surface area contributed by atoms with Crippen LogP contribution in [0.3, 0.4) is 0 Å². The number of rotatable bonds is 2. The molecule has 0 radical (unpaired) electrons. The lowest BCUT2D eigenvalue weighted by molar-refractivity contribution is -0.137. The summed E-state index contributed by atoms with van der Waals surface area (Å²) in [6.07, 6.45) is 1.81. The largest absolute Gasteiger partial charge is 0.481 e. The summed E-state index contributed by atoms with van der Waals surface area (Å²) in [5.41, 5.74) is 7.20. The third-order valence-electron chi connectivity index (χ3n) is 5.60. The number of fused-ring (bicyclic) bond motifs is 3. The number of anilines is 1. The molecular weight excluding hydrogens is 310 g/mol. The number of piperidine rings is 3. The molecule has 24 heavy (non-hydrogen) atoms. The Morgan fingerprint density at radius 3 is 2.79 bits per heavy atom. The Kier molecular flexibility index (Phi) is 3.04. The minimum absolute atomic E-state index is 0.207. The highest BCUT2D eigenvalue weighted by atomic mass is 16.6. The summed E-state index contributed by atoms with van der Waals surface area (Å²) < 4.78 is 17.2. The topological polar surface area (TPSA) is 89.9 Å². The number of aromatic nitrogens is 2. The zero-order valence-electron chi connectivity index (χ0n) is 13.6. The molecule has 2 N–H and O–H groups in total. The smallest absolute Gasteiger partial charge is 0.303 e. The molecule has 6 heterocycles. The third kappa shape index (κ3) is 2.03. The second-order valence-electron chi connectivity index (χ2n) is 6.93. The van der Waals surface area contributed by atoms with Crippen LogP contribution in [-0.4, -0.2) is 60.1 Å². The van der Waals surface area contributed by atoms with Crippen LogP contribution in [0.25, 0.3) is 11.2 Å². The van der Waals surface area contributed by atoms with E-state index in [-0.39, 0.29) is 5.60 Å². The van der Waals surface area contributed by atoms with Crippen LogP contribution in [0.4, 0.5) is 6.01 Å². The van der Waals surface area contributed by atoms with E-state index < -0.39 is 6.35 Å². The minimum Gasteiger partial charge on any atom is -0.481 e. The lowest BCUT2D eigenvalue weighted by atomic mass is 9.75. The van der Waals surface area contributed by atoms with E-state index in [0.717, 1.165) is 19.6 Å². The predicted octanol–water partition coefficient (Wildman–Crippen LogP) is 0.775. The second kappa shape index (κ2) is 5.05. The van der Waals surface area contributed by atoms with E-state index in [0.29, 0.717) is 35.6 Å². The molecule has 4 fully saturated rings. The van der Waals surface area contributed by atoms with Crippen LogP contribution in [0.15, 0.2) is 16.5 Å². The summed E-state index contributed by atoms with van der Waals surface area (Å²) in [4.78, 5) is 13.2. The molecule has 4 saturated heterocycles. The van der Waals surface area contributed by atoms with Crippen LogP contribution in [0.5, 0.6) is 5.88 Å². The standard InChI is InChI=1S/C16H21N5O3/c1-22-12-3-2-11-13(19-12)23-15(18-11)21-9-16(24-14(21)17)8-20-6-4-10(16)5-7-20/h2-3,10,14H,4-9,17H2,1H3. The summed E-state index contributed by atoms with van der Waals surface area (Å²) in [6.45, 7) is 3.97. The molecule has 2 unspecified atom stereocenters. The van der Waals surface area contributed by atoms with Crippen LogP contribution in [0.2, 0.25) is 0 Å². The van der Waals surface area contributed by atoms with Gasteiger partial charge in [0.1, 0.15) is 11.1 Å². The highest BCUT2D eigenvalue weighted by molar-refractivity contribution is 5.71. The van der Waals surface area contributed by atoms with Crippen molar-refractivity contribution in [1.82, 2.24) is 14.9 Å². The summed E-state index contributed by atoms with van der Waals surface area (Å²) in [7, 11) is 1.58. The third-order valence-corrected chi connectivity index (χ3v) is 5.60. The van der Waals surface area contributed by atoms with Crippen molar-refractivity contribution in [2.24, 2.45) is 11.7 Å². The molecule has 2 bridgehead atoms. The summed E-state index contributed by atoms with van der Waals surface area (Å²) >= 11 is 0. The zero-order valence-corrected chi connectivity index (χ0v) is 13.6. The Morgan fingerprint density at radius 2 is 2.08 bits per heavy atom. The van der Waals surface area contributed by atoms with Gasteiger partial charge in [0.05, 0.1) is 13.7 Å². The lowest BCUT2D eigenvalue weighted by Crippen LogP contribution is -2.61. The molecule has 1 spiro atoms. The quantitative estimate of drug-likeness (QED) is 0.863. The highest BCUT2D eigenvalue weighted by Gasteiger charge is 2.55. The molecule has 4 aliphatic heterocycles. The first-order valence-electron chi connectivity index (χ1n) is 8.41. The van der Waals surface area contributed by atoms with E-state index in [4.69, 9.17) is 19.6 Å². The molecule has 6 rings (SSSR count). The fourth-order valence-corrected chi connectivity index (χ4v) is 4.36. The van der Waals surface area contributed by atoms with Crippen LogP contribution in [-0.2, 0) is 4.74 Å². The Hall–Kier alpha value is -1.90. The van der Waals surface area contributed by atoms with Gasteiger partial charge in [0.25, 0.3) is 5.71 Å². The molecular formula is C16H21N5O3. The maximum absolute atomic E-state index is 6.27. The van der Waals surface area contributed by atoms with Crippen LogP contribution >= 0.6 is 0 Å². The van der Waals surface area contributed by atoms with Crippen LogP contribution in [0.1, 0.15) is 12.8 Å². The SMILES string of the molecule is COc1ccc2nc(N3CC4(CN5CCC4CC5)OC3N)oc2n1. The fourth-order valence-electron chi connectivity index (χ4n) is 4.36. The highest BCUT2D eigenvalue weighted by Crippen LogP contribution is 2.43. The van der Waals surface area contributed by atoms with Crippen molar-refractivity contribution in [1.29, 1.82) is 0 Å². The maximum atomic E-state index is 6.27. The number of hydrogen-bond donors (Lipinski definition) is 1. The van der Waals surface area contributed by atoms with E-state index in [1.165, 1.54) is 12.8 Å². The van der Waals surface area contributed by atoms with Gasteiger partial charge in [-0.2, -0.15) is 9.97 Å². The molecule has 2 aromatic heterocycles. The average molecular weight is 331 g/mol. The van der Waals surface area contributed by atoms with E-state index in [2.05, 4.69) is 14.9 Å². The van der Waals surface area contributed by atoms with Crippen molar-refractivity contribution in [3.63, 3.8) is 0 Å². The molecule has 0 aliphatic carbocycles. The summed E-state index contributed by atoms with van der Waals surface area (Å²) in [5, 5.41) is 0. The first-order valence-corrected chi connectivity index (χ1v) is 8.41. The number of nitrogens with two attached hydrogens (primary N) is 1. The number of ether oxygens (including phenoxy) is 2. The fraction of sp³-hybridized carbons (Fsp3) is 0.625. The summed E-state index contributed by atoms with van der Waals surface area (Å²) in [6, 6.07) is 4.07. The van der Waals surface area contributed by atoms with E-state index in [1.807, 2.05) is 11.0 Å². The van der Waals surface area contributed by atoms with Gasteiger partial charge >= 0.3 is 6.01 Å². The van der Waals surface area contributed by atoms with E-state index >= 15 is 0 Å². The summed E-state index contributed by atoms with van der Waals surface area (Å²) in [5.74, 6) is 1.06. The van der Waals surface area contributed by atoms with E-state index in [1.54, 1.807) is 13.2 Å². The molecule has 0 aromatic carbocycles. The number of methoxy groups -OCH3 is 1. The normalized spacial score (nSPS) is 35.2. The van der Waals surface area contributed by atoms with E-state index in [9.17, 15) is 0 Å². The van der Waals surface area contributed by atoms with Crippen molar-refractivity contribution >= 4 is 17.2 Å². The Labute approximate surface area is 139 Å². The van der Waals surface area contributed by atoms with Gasteiger partial charge in [-0.15, -0.1) is 0 Å². The molecule has 128 valence electrons. The molecule has 2 aromatic rings. The number of oxazole rings is 1. The number of pyridine rings is 1. The lowest BCUT2D eigenvalue weighted by Gasteiger charge is -2.50. The molecule has 2 atom stereocenters. The van der Waals surface area contributed by atoms with Gasteiger partial charge in [-0.05, 0) is 37.9 Å². The Balaban J connectivity index is 1.47. The number of hydrogen-bond acceptors (Lipinski definition) is 8. The van der Waals surface area contributed by atoms with Crippen molar-refractivity contribution < 1.29 is 13.9 Å². The Bertz CT molecular complexity index is 772. The van der Waals surface area contributed by atoms with Crippen LogP contribution < -0.4 is 15.4 Å². The van der Waals surface area contributed by atoms with Gasteiger partial charge in [0.15, 0.2) is 6.35 Å². The second-order valence-corrected chi connectivity index (χ2v) is 6.93. The maximum Gasteiger partial charge on any atom is 0.303 e. The first kappa shape index (κ1) is 14.4. The molecule has 8 heteroatoms. The van der Waals surface area contributed by atoms with Gasteiger partial charge < -0.3 is 18.8 Å². The molecule has 8 nitrogen and oxygen atoms in total. The van der Waals surface area contributed by atoms with Gasteiger partial charge in [0, 0.05) is 12.6 Å². The van der Waals surface area contributed by atoms with Crippen molar-refractivity contribution in [3.8, 4) is 5.88 Å². The van der Waals surface area contributed by atoms with Crippen molar-refractivity contribution in [2.45, 2.75) is 24.8 Å². The van der Waals surface area contributed by atoms with Crippen molar-refractivity contribution in [2.75, 3.05) is 38.2 Å². The van der Waals surface area contributed by atoms with Gasteiger partial charge in [0.2, 0.25) is 5.88 Å². The van der Waals surface area contributed by atoms with Crippen LogP contribution in [0, 0.1) is 5.92 Å². The monoisotopic (exact) mass is 331 g/mol. The first-order chi connectivity index (χ1) is 11.7. The van der Waals surface area contributed by atoms with Gasteiger partial charge in [-0.25, -0.2) is 0 Å². The molecule has 4 aliphatic rings. The Morgan fingerprint density at radius 1 is 1.25 bits per heavy atom. The average Bonchev–Trinajstić information content (AvgIpc) is 3.16. The predicted molar refractivity (Wildman–Crippen MR) is 86.7 cm³/mol. The minimum atomic E-state index is -0.541. The van der Waals surface area contributed by atoms with Gasteiger partial charge in [-0.3, -0.25) is 10.6 Å². The molecule has 0 amide bonds. The molecule has 0 saturated carbocycles. The van der Waals surface area contributed by atoms with Crippen molar-refractivity contribution in [3.05, 3.63) is 12.1 Å². The number of nitrogens with zero attached hydrogens (tertiary/aromatic N) is 4.